The van der Waals surface area contributed by atoms with Gasteiger partial charge in [0.15, 0.2) is 0 Å². The molecule has 1 aliphatic rings. The molecule has 2 atom stereocenters. The maximum Gasteiger partial charge on any atom is 0.129 e. The predicted octanol–water partition coefficient (Wildman–Crippen LogP) is 2.25. The second-order valence-electron chi connectivity index (χ2n) is 3.58. The Morgan fingerprint density at radius 2 is 2.29 bits per heavy atom. The van der Waals surface area contributed by atoms with Crippen LogP contribution in [0.25, 0.3) is 0 Å². The van der Waals surface area contributed by atoms with Gasteiger partial charge in [0.25, 0.3) is 0 Å². The Bertz CT molecular complexity index is 335. The van der Waals surface area contributed by atoms with E-state index in [1.54, 1.807) is 19.2 Å². The first kappa shape index (κ1) is 9.34. The van der Waals surface area contributed by atoms with E-state index in [9.17, 15) is 5.11 Å². The van der Waals surface area contributed by atoms with Crippen LogP contribution in [-0.2, 0) is 4.74 Å². The van der Waals surface area contributed by atoms with Gasteiger partial charge in [0.1, 0.15) is 11.5 Å². The standard InChI is InChI=1S/C11H14O3/c1-7-6-10(13-2)11-8(12)4-3-5-9(11)14-7/h3-5,7,10,12H,6H2,1-2H3/t7-,10-/m1/s1. The third-order valence-electron chi connectivity index (χ3n) is 2.52. The highest BCUT2D eigenvalue weighted by Crippen LogP contribution is 2.41. The number of phenolic OH excluding ortho intramolecular Hbond substituents is 1. The minimum Gasteiger partial charge on any atom is -0.507 e. The Kier molecular flexibility index (Phi) is 2.33. The maximum atomic E-state index is 9.68. The molecule has 0 fully saturated rings. The van der Waals surface area contributed by atoms with Crippen LogP contribution in [0.2, 0.25) is 0 Å². The number of aromatic hydroxyl groups is 1. The van der Waals surface area contributed by atoms with Gasteiger partial charge in [-0.3, -0.25) is 0 Å². The lowest BCUT2D eigenvalue weighted by atomic mass is 9.99. The first-order valence-electron chi connectivity index (χ1n) is 4.73. The second kappa shape index (κ2) is 3.50. The average molecular weight is 194 g/mol. The molecule has 0 aromatic heterocycles. The zero-order valence-electron chi connectivity index (χ0n) is 8.36. The highest BCUT2D eigenvalue weighted by Gasteiger charge is 2.28. The summed E-state index contributed by atoms with van der Waals surface area (Å²) in [6.45, 7) is 2.00. The normalized spacial score (nSPS) is 25.3. The molecule has 1 heterocycles. The lowest BCUT2D eigenvalue weighted by molar-refractivity contribution is 0.0348. The maximum absolute atomic E-state index is 9.68. The number of benzene rings is 1. The molecule has 0 unspecified atom stereocenters. The van der Waals surface area contributed by atoms with Gasteiger partial charge in [-0.05, 0) is 19.1 Å². The molecule has 0 bridgehead atoms. The van der Waals surface area contributed by atoms with E-state index < -0.39 is 0 Å². The summed E-state index contributed by atoms with van der Waals surface area (Å²) >= 11 is 0. The van der Waals surface area contributed by atoms with Gasteiger partial charge >= 0.3 is 0 Å². The second-order valence-corrected chi connectivity index (χ2v) is 3.58. The van der Waals surface area contributed by atoms with Crippen molar-refractivity contribution in [3.8, 4) is 11.5 Å². The Morgan fingerprint density at radius 1 is 1.50 bits per heavy atom. The zero-order valence-corrected chi connectivity index (χ0v) is 8.36. The Hall–Kier alpha value is -1.22. The fraction of sp³-hybridized carbons (Fsp3) is 0.455. The monoisotopic (exact) mass is 194 g/mol. The fourth-order valence-corrected chi connectivity index (χ4v) is 1.86. The van der Waals surface area contributed by atoms with E-state index in [2.05, 4.69) is 0 Å². The van der Waals surface area contributed by atoms with Crippen molar-refractivity contribution < 1.29 is 14.6 Å². The smallest absolute Gasteiger partial charge is 0.129 e. The summed E-state index contributed by atoms with van der Waals surface area (Å²) in [5, 5.41) is 9.68. The SMILES string of the molecule is CO[C@@H]1C[C@@H](C)Oc2cccc(O)c21. The van der Waals surface area contributed by atoms with Crippen molar-refractivity contribution in [3.63, 3.8) is 0 Å². The van der Waals surface area contributed by atoms with E-state index in [4.69, 9.17) is 9.47 Å². The van der Waals surface area contributed by atoms with Crippen LogP contribution in [0.4, 0.5) is 0 Å². The van der Waals surface area contributed by atoms with Crippen molar-refractivity contribution in [2.45, 2.75) is 25.6 Å². The number of ether oxygens (including phenoxy) is 2. The Balaban J connectivity index is 2.46. The van der Waals surface area contributed by atoms with Crippen molar-refractivity contribution >= 4 is 0 Å². The largest absolute Gasteiger partial charge is 0.507 e. The van der Waals surface area contributed by atoms with Crippen LogP contribution in [0.1, 0.15) is 25.0 Å². The van der Waals surface area contributed by atoms with Gasteiger partial charge in [-0.25, -0.2) is 0 Å². The van der Waals surface area contributed by atoms with Gasteiger partial charge in [0.05, 0.1) is 17.8 Å². The van der Waals surface area contributed by atoms with Gasteiger partial charge in [0, 0.05) is 13.5 Å². The molecule has 2 rings (SSSR count). The van der Waals surface area contributed by atoms with E-state index >= 15 is 0 Å². The Morgan fingerprint density at radius 3 is 3.00 bits per heavy atom. The summed E-state index contributed by atoms with van der Waals surface area (Å²) in [6, 6.07) is 5.29. The topological polar surface area (TPSA) is 38.7 Å². The summed E-state index contributed by atoms with van der Waals surface area (Å²) in [4.78, 5) is 0. The lowest BCUT2D eigenvalue weighted by Gasteiger charge is -2.29. The molecule has 14 heavy (non-hydrogen) atoms. The first-order chi connectivity index (χ1) is 6.72. The molecule has 1 aliphatic heterocycles. The molecule has 0 spiro atoms. The highest BCUT2D eigenvalue weighted by molar-refractivity contribution is 5.46. The number of hydrogen-bond donors (Lipinski definition) is 1. The third-order valence-corrected chi connectivity index (χ3v) is 2.52. The van der Waals surface area contributed by atoms with Crippen LogP contribution in [0.5, 0.6) is 11.5 Å². The van der Waals surface area contributed by atoms with Crippen LogP contribution in [-0.4, -0.2) is 18.3 Å². The molecular formula is C11H14O3. The molecule has 0 saturated carbocycles. The molecule has 1 aromatic rings. The van der Waals surface area contributed by atoms with E-state index in [-0.39, 0.29) is 18.0 Å². The van der Waals surface area contributed by atoms with Crippen LogP contribution >= 0.6 is 0 Å². The number of rotatable bonds is 1. The molecule has 76 valence electrons. The fourth-order valence-electron chi connectivity index (χ4n) is 1.86. The van der Waals surface area contributed by atoms with Crippen molar-refractivity contribution in [2.24, 2.45) is 0 Å². The third kappa shape index (κ3) is 1.44. The summed E-state index contributed by atoms with van der Waals surface area (Å²) in [5.74, 6) is 0.983. The summed E-state index contributed by atoms with van der Waals surface area (Å²) < 4.78 is 10.9. The van der Waals surface area contributed by atoms with Gasteiger partial charge in [0.2, 0.25) is 0 Å². The number of hydrogen-bond acceptors (Lipinski definition) is 3. The van der Waals surface area contributed by atoms with E-state index in [0.29, 0.717) is 0 Å². The van der Waals surface area contributed by atoms with Crippen LogP contribution in [0.3, 0.4) is 0 Å². The molecular weight excluding hydrogens is 180 g/mol. The highest BCUT2D eigenvalue weighted by atomic mass is 16.5. The molecule has 1 aromatic carbocycles. The van der Waals surface area contributed by atoms with E-state index in [0.717, 1.165) is 17.7 Å². The summed E-state index contributed by atoms with van der Waals surface area (Å²) in [6.07, 6.45) is 0.852. The summed E-state index contributed by atoms with van der Waals surface area (Å²) in [5.41, 5.74) is 0.771. The number of fused-ring (bicyclic) bond motifs is 1. The predicted molar refractivity (Wildman–Crippen MR) is 52.6 cm³/mol. The molecule has 3 heteroatoms. The minimum absolute atomic E-state index is 0.0602. The molecule has 0 amide bonds. The lowest BCUT2D eigenvalue weighted by Crippen LogP contribution is -2.23. The van der Waals surface area contributed by atoms with Crippen molar-refractivity contribution in [2.75, 3.05) is 7.11 Å². The van der Waals surface area contributed by atoms with E-state index in [1.165, 1.54) is 0 Å². The first-order valence-corrected chi connectivity index (χ1v) is 4.73. The zero-order chi connectivity index (χ0) is 10.1. The minimum atomic E-state index is -0.0602. The van der Waals surface area contributed by atoms with Crippen LogP contribution < -0.4 is 4.74 Å². The van der Waals surface area contributed by atoms with E-state index in [1.807, 2.05) is 13.0 Å². The van der Waals surface area contributed by atoms with Gasteiger partial charge in [-0.1, -0.05) is 6.07 Å². The van der Waals surface area contributed by atoms with Crippen LogP contribution in [0, 0.1) is 0 Å². The quantitative estimate of drug-likeness (QED) is 0.745. The van der Waals surface area contributed by atoms with Crippen molar-refractivity contribution in [1.29, 1.82) is 0 Å². The average Bonchev–Trinajstić information content (AvgIpc) is 2.16. The van der Waals surface area contributed by atoms with Crippen molar-refractivity contribution in [3.05, 3.63) is 23.8 Å². The molecule has 0 saturated heterocycles. The van der Waals surface area contributed by atoms with Crippen molar-refractivity contribution in [1.82, 2.24) is 0 Å². The summed E-state index contributed by atoms with van der Waals surface area (Å²) in [7, 11) is 1.65. The molecule has 1 N–H and O–H groups in total. The number of methoxy groups -OCH3 is 1. The van der Waals surface area contributed by atoms with Gasteiger partial charge in [-0.2, -0.15) is 0 Å². The van der Waals surface area contributed by atoms with Gasteiger partial charge in [-0.15, -0.1) is 0 Å². The number of phenols is 1. The van der Waals surface area contributed by atoms with Gasteiger partial charge < -0.3 is 14.6 Å². The Labute approximate surface area is 83.3 Å². The molecule has 3 nitrogen and oxygen atoms in total. The molecule has 0 aliphatic carbocycles. The van der Waals surface area contributed by atoms with Crippen LogP contribution in [0.15, 0.2) is 18.2 Å². The molecule has 0 radical (unpaired) electrons.